The van der Waals surface area contributed by atoms with Crippen molar-refractivity contribution in [3.05, 3.63) is 33.7 Å². The molecule has 0 aliphatic rings. The molecule has 0 bridgehead atoms. The monoisotopic (exact) mass is 305 g/mol. The molecule has 0 atom stereocenters. The maximum atomic E-state index is 5.96. The fourth-order valence-electron chi connectivity index (χ4n) is 1.36. The molecule has 0 saturated carbocycles. The van der Waals surface area contributed by atoms with Crippen molar-refractivity contribution in [1.29, 1.82) is 0 Å². The van der Waals surface area contributed by atoms with Crippen LogP contribution in [0.5, 0.6) is 11.6 Å². The number of pyridine rings is 1. The molecule has 4 nitrogen and oxygen atoms in total. The summed E-state index contributed by atoms with van der Waals surface area (Å²) in [4.78, 5) is 3.97. The number of hydrogen-bond acceptors (Lipinski definition) is 3. The summed E-state index contributed by atoms with van der Waals surface area (Å²) in [5.41, 5.74) is 0. The molecule has 0 unspecified atom stereocenters. The van der Waals surface area contributed by atoms with Crippen LogP contribution in [0.3, 0.4) is 0 Å². The van der Waals surface area contributed by atoms with Gasteiger partial charge in [-0.3, -0.25) is 4.68 Å². The van der Waals surface area contributed by atoms with E-state index in [0.29, 0.717) is 10.8 Å². The summed E-state index contributed by atoms with van der Waals surface area (Å²) in [5.74, 6) is 0.762. The first-order chi connectivity index (χ1) is 8.60. The van der Waals surface area contributed by atoms with Gasteiger partial charge in [-0.2, -0.15) is 10.1 Å². The van der Waals surface area contributed by atoms with Gasteiger partial charge in [-0.25, -0.2) is 0 Å². The third-order valence-electron chi connectivity index (χ3n) is 2.13. The van der Waals surface area contributed by atoms with Gasteiger partial charge in [0.2, 0.25) is 5.88 Å². The van der Waals surface area contributed by atoms with Crippen molar-refractivity contribution < 1.29 is 4.74 Å². The molecule has 2 aromatic rings. The minimum Gasteiger partial charge on any atom is -0.434 e. The van der Waals surface area contributed by atoms with Crippen LogP contribution in [0, 0.1) is 0 Å². The predicted molar refractivity (Wildman–Crippen MR) is 71.9 cm³/mol. The van der Waals surface area contributed by atoms with Crippen molar-refractivity contribution in [3.63, 3.8) is 0 Å². The Bertz CT molecular complexity index is 556. The van der Waals surface area contributed by atoms with Gasteiger partial charge in [0.05, 0.1) is 17.4 Å². The number of hydrogen-bond donors (Lipinski definition) is 0. The number of rotatable bonds is 4. The lowest BCUT2D eigenvalue weighted by Gasteiger charge is -2.05. The lowest BCUT2D eigenvalue weighted by atomic mass is 10.5. The zero-order chi connectivity index (χ0) is 13.1. The highest BCUT2D eigenvalue weighted by molar-refractivity contribution is 6.42. The van der Waals surface area contributed by atoms with Crippen LogP contribution in [0.15, 0.2) is 18.5 Å². The van der Waals surface area contributed by atoms with Crippen LogP contribution in [0.2, 0.25) is 15.2 Å². The van der Waals surface area contributed by atoms with Crippen LogP contribution in [0.1, 0.15) is 13.3 Å². The SMILES string of the molecule is CCCn1cc(Oc2nc(Cl)c(Cl)cc2Cl)cn1. The predicted octanol–water partition coefficient (Wildman–Crippen LogP) is 4.44. The van der Waals surface area contributed by atoms with Crippen LogP contribution in [0.4, 0.5) is 0 Å². The molecule has 2 heterocycles. The summed E-state index contributed by atoms with van der Waals surface area (Å²) in [6, 6.07) is 1.49. The van der Waals surface area contributed by atoms with E-state index in [2.05, 4.69) is 17.0 Å². The van der Waals surface area contributed by atoms with Gasteiger partial charge < -0.3 is 4.74 Å². The van der Waals surface area contributed by atoms with Crippen LogP contribution >= 0.6 is 34.8 Å². The maximum absolute atomic E-state index is 5.96. The Hall–Kier alpha value is -0.970. The van der Waals surface area contributed by atoms with E-state index in [-0.39, 0.29) is 16.1 Å². The minimum atomic E-state index is 0.150. The van der Waals surface area contributed by atoms with E-state index in [4.69, 9.17) is 39.5 Å². The minimum absolute atomic E-state index is 0.150. The first-order valence-corrected chi connectivity index (χ1v) is 6.45. The molecule has 0 fully saturated rings. The Morgan fingerprint density at radius 2 is 2.06 bits per heavy atom. The van der Waals surface area contributed by atoms with Gasteiger partial charge in [0.1, 0.15) is 5.02 Å². The summed E-state index contributed by atoms with van der Waals surface area (Å²) in [7, 11) is 0. The Morgan fingerprint density at radius 3 is 2.78 bits per heavy atom. The van der Waals surface area contributed by atoms with Crippen LogP contribution in [0.25, 0.3) is 0 Å². The lowest BCUT2D eigenvalue weighted by molar-refractivity contribution is 0.461. The number of halogens is 3. The van der Waals surface area contributed by atoms with E-state index in [1.54, 1.807) is 17.1 Å². The fourth-order valence-corrected chi connectivity index (χ4v) is 1.89. The molecule has 96 valence electrons. The largest absolute Gasteiger partial charge is 0.434 e. The standard InChI is InChI=1S/C11H10Cl3N3O/c1-2-3-17-6-7(5-15-17)18-11-9(13)4-8(12)10(14)16-11/h4-6H,2-3H2,1H3. The average molecular weight is 307 g/mol. The molecular formula is C11H10Cl3N3O. The first kappa shape index (κ1) is 13.5. The molecule has 2 rings (SSSR count). The van der Waals surface area contributed by atoms with Crippen LogP contribution in [-0.2, 0) is 6.54 Å². The zero-order valence-corrected chi connectivity index (χ0v) is 11.8. The molecule has 0 spiro atoms. The number of aromatic nitrogens is 3. The molecule has 0 aliphatic carbocycles. The van der Waals surface area contributed by atoms with E-state index < -0.39 is 0 Å². The summed E-state index contributed by atoms with van der Waals surface area (Å²) in [6.07, 6.45) is 4.35. The van der Waals surface area contributed by atoms with Gasteiger partial charge in [-0.05, 0) is 12.5 Å². The van der Waals surface area contributed by atoms with E-state index in [1.165, 1.54) is 6.07 Å². The molecule has 7 heteroatoms. The van der Waals surface area contributed by atoms with Gasteiger partial charge >= 0.3 is 0 Å². The van der Waals surface area contributed by atoms with Gasteiger partial charge in [0.15, 0.2) is 10.9 Å². The van der Waals surface area contributed by atoms with E-state index in [1.807, 2.05) is 0 Å². The van der Waals surface area contributed by atoms with Crippen molar-refractivity contribution in [3.8, 4) is 11.6 Å². The highest BCUT2D eigenvalue weighted by Gasteiger charge is 2.11. The Morgan fingerprint density at radius 1 is 1.28 bits per heavy atom. The highest BCUT2D eigenvalue weighted by atomic mass is 35.5. The van der Waals surface area contributed by atoms with E-state index >= 15 is 0 Å². The molecule has 18 heavy (non-hydrogen) atoms. The molecule has 0 saturated heterocycles. The number of nitrogens with zero attached hydrogens (tertiary/aromatic N) is 3. The molecule has 0 aromatic carbocycles. The van der Waals surface area contributed by atoms with Crippen molar-refractivity contribution in [2.75, 3.05) is 0 Å². The quantitative estimate of drug-likeness (QED) is 0.784. The zero-order valence-electron chi connectivity index (χ0n) is 9.53. The second-order valence-corrected chi connectivity index (χ2v) is 4.76. The van der Waals surface area contributed by atoms with E-state index in [9.17, 15) is 0 Å². The summed E-state index contributed by atoms with van der Waals surface area (Å²) >= 11 is 17.5. The molecule has 0 aliphatic heterocycles. The highest BCUT2D eigenvalue weighted by Crippen LogP contribution is 2.32. The topological polar surface area (TPSA) is 39.9 Å². The van der Waals surface area contributed by atoms with Crippen molar-refractivity contribution in [2.24, 2.45) is 0 Å². The Balaban J connectivity index is 2.20. The molecule has 0 radical (unpaired) electrons. The second kappa shape index (κ2) is 5.78. The number of aryl methyl sites for hydroxylation is 1. The molecule has 2 aromatic heterocycles. The smallest absolute Gasteiger partial charge is 0.239 e. The van der Waals surface area contributed by atoms with Crippen molar-refractivity contribution in [1.82, 2.24) is 14.8 Å². The van der Waals surface area contributed by atoms with Crippen LogP contribution in [-0.4, -0.2) is 14.8 Å². The number of ether oxygens (including phenoxy) is 1. The van der Waals surface area contributed by atoms with Crippen LogP contribution < -0.4 is 4.74 Å². The van der Waals surface area contributed by atoms with Gasteiger partial charge in [0, 0.05) is 6.54 Å². The summed E-state index contributed by atoms with van der Waals surface area (Å²) in [5, 5.41) is 4.87. The van der Waals surface area contributed by atoms with Gasteiger partial charge in [0.25, 0.3) is 0 Å². The van der Waals surface area contributed by atoms with Crippen molar-refractivity contribution in [2.45, 2.75) is 19.9 Å². The van der Waals surface area contributed by atoms with E-state index in [0.717, 1.165) is 13.0 Å². The second-order valence-electron chi connectivity index (χ2n) is 3.59. The molecular weight excluding hydrogens is 296 g/mol. The third-order valence-corrected chi connectivity index (χ3v) is 3.08. The van der Waals surface area contributed by atoms with Gasteiger partial charge in [-0.1, -0.05) is 41.7 Å². The first-order valence-electron chi connectivity index (χ1n) is 5.32. The third kappa shape index (κ3) is 3.07. The Labute approximate surface area is 119 Å². The summed E-state index contributed by atoms with van der Waals surface area (Å²) in [6.45, 7) is 2.89. The summed E-state index contributed by atoms with van der Waals surface area (Å²) < 4.78 is 7.28. The van der Waals surface area contributed by atoms with Gasteiger partial charge in [-0.15, -0.1) is 0 Å². The average Bonchev–Trinajstić information content (AvgIpc) is 2.74. The fraction of sp³-hybridized carbons (Fsp3) is 0.273. The Kier molecular flexibility index (Phi) is 4.32. The normalized spacial score (nSPS) is 10.7. The van der Waals surface area contributed by atoms with Crippen molar-refractivity contribution >= 4 is 34.8 Å². The maximum Gasteiger partial charge on any atom is 0.239 e. The molecule has 0 N–H and O–H groups in total. The lowest BCUT2D eigenvalue weighted by Crippen LogP contribution is -1.95. The molecule has 0 amide bonds.